The molecule has 0 aromatic heterocycles. The van der Waals surface area contributed by atoms with Crippen LogP contribution in [0.2, 0.25) is 0 Å². The average Bonchev–Trinajstić information content (AvgIpc) is 2.81. The second kappa shape index (κ2) is 10.3. The van der Waals surface area contributed by atoms with E-state index in [9.17, 15) is 13.2 Å². The van der Waals surface area contributed by atoms with Gasteiger partial charge < -0.3 is 14.2 Å². The van der Waals surface area contributed by atoms with Crippen molar-refractivity contribution in [3.63, 3.8) is 0 Å². The van der Waals surface area contributed by atoms with Crippen LogP contribution in [-0.2, 0) is 26.2 Å². The van der Waals surface area contributed by atoms with E-state index < -0.39 is 22.0 Å². The van der Waals surface area contributed by atoms with Gasteiger partial charge in [-0.25, -0.2) is 13.2 Å². The summed E-state index contributed by atoms with van der Waals surface area (Å²) in [7, 11) is -1.06. The highest BCUT2D eigenvalue weighted by Gasteiger charge is 2.29. The SMILES string of the molecule is COc1ccc([C@H](NS(=O)(=O)c2ccc(C)cc2)C(=O)OCc2ccccc2)cc1OC. The Kier molecular flexibility index (Phi) is 7.50. The van der Waals surface area contributed by atoms with E-state index in [-0.39, 0.29) is 11.5 Å². The first-order chi connectivity index (χ1) is 15.3. The van der Waals surface area contributed by atoms with Gasteiger partial charge in [0.25, 0.3) is 0 Å². The number of carbonyl (C=O) groups is 1. The summed E-state index contributed by atoms with van der Waals surface area (Å²) >= 11 is 0. The van der Waals surface area contributed by atoms with Crippen molar-refractivity contribution in [2.45, 2.75) is 24.5 Å². The van der Waals surface area contributed by atoms with Crippen LogP contribution in [0.25, 0.3) is 0 Å². The molecule has 1 N–H and O–H groups in total. The molecular formula is C24H25NO6S. The largest absolute Gasteiger partial charge is 0.493 e. The fraction of sp³-hybridized carbons (Fsp3) is 0.208. The molecule has 32 heavy (non-hydrogen) atoms. The molecule has 168 valence electrons. The number of nitrogens with one attached hydrogen (secondary N) is 1. The van der Waals surface area contributed by atoms with Crippen molar-refractivity contribution in [1.29, 1.82) is 0 Å². The molecule has 8 heteroatoms. The van der Waals surface area contributed by atoms with Crippen LogP contribution in [0.5, 0.6) is 11.5 Å². The maximum atomic E-state index is 13.0. The Morgan fingerprint density at radius 2 is 1.56 bits per heavy atom. The highest BCUT2D eigenvalue weighted by molar-refractivity contribution is 7.89. The Labute approximate surface area is 188 Å². The molecule has 0 aliphatic carbocycles. The molecule has 0 radical (unpaired) electrons. The highest BCUT2D eigenvalue weighted by Crippen LogP contribution is 2.31. The lowest BCUT2D eigenvalue weighted by molar-refractivity contribution is -0.147. The maximum Gasteiger partial charge on any atom is 0.329 e. The lowest BCUT2D eigenvalue weighted by Gasteiger charge is -2.20. The number of carbonyl (C=O) groups excluding carboxylic acids is 1. The molecule has 3 rings (SSSR count). The van der Waals surface area contributed by atoms with Crippen LogP contribution in [0.3, 0.4) is 0 Å². The third kappa shape index (κ3) is 5.66. The third-order valence-electron chi connectivity index (χ3n) is 4.80. The van der Waals surface area contributed by atoms with E-state index in [1.165, 1.54) is 26.4 Å². The summed E-state index contributed by atoms with van der Waals surface area (Å²) in [5, 5.41) is 0. The standard InChI is InChI=1S/C24H25NO6S/c1-17-9-12-20(13-10-17)32(27,28)25-23(19-11-14-21(29-2)22(15-19)30-3)24(26)31-16-18-7-5-4-6-8-18/h4-15,23,25H,16H2,1-3H3/t23-/m0/s1. The van der Waals surface area contributed by atoms with Crippen molar-refractivity contribution >= 4 is 16.0 Å². The zero-order valence-electron chi connectivity index (χ0n) is 18.1. The van der Waals surface area contributed by atoms with Gasteiger partial charge in [-0.1, -0.05) is 54.1 Å². The Morgan fingerprint density at radius 3 is 2.19 bits per heavy atom. The summed E-state index contributed by atoms with van der Waals surface area (Å²) < 4.78 is 44.5. The molecule has 7 nitrogen and oxygen atoms in total. The Hall–Kier alpha value is -3.36. The normalized spacial score (nSPS) is 12.1. The number of methoxy groups -OCH3 is 2. The van der Waals surface area contributed by atoms with Crippen LogP contribution in [-0.4, -0.2) is 28.6 Å². The molecule has 3 aromatic carbocycles. The average molecular weight is 456 g/mol. The van der Waals surface area contributed by atoms with Gasteiger partial charge in [-0.05, 0) is 42.3 Å². The van der Waals surface area contributed by atoms with Gasteiger partial charge in [-0.15, -0.1) is 0 Å². The number of ether oxygens (including phenoxy) is 3. The number of rotatable bonds is 9. The maximum absolute atomic E-state index is 13.0. The number of hydrogen-bond acceptors (Lipinski definition) is 6. The van der Waals surface area contributed by atoms with Gasteiger partial charge in [0.15, 0.2) is 11.5 Å². The summed E-state index contributed by atoms with van der Waals surface area (Å²) in [5.74, 6) is 0.0752. The Morgan fingerprint density at radius 1 is 0.906 bits per heavy atom. The first-order valence-electron chi connectivity index (χ1n) is 9.85. The fourth-order valence-corrected chi connectivity index (χ4v) is 4.21. The molecule has 0 fully saturated rings. The van der Waals surface area contributed by atoms with E-state index in [2.05, 4.69) is 4.72 Å². The van der Waals surface area contributed by atoms with Crippen molar-refractivity contribution in [2.24, 2.45) is 0 Å². The van der Waals surface area contributed by atoms with Crippen LogP contribution >= 0.6 is 0 Å². The molecular weight excluding hydrogens is 430 g/mol. The quantitative estimate of drug-likeness (QED) is 0.494. The predicted molar refractivity (Wildman–Crippen MR) is 120 cm³/mol. The lowest BCUT2D eigenvalue weighted by atomic mass is 10.1. The van der Waals surface area contributed by atoms with Crippen LogP contribution < -0.4 is 14.2 Å². The number of esters is 1. The molecule has 0 amide bonds. The first kappa shape index (κ1) is 23.3. The van der Waals surface area contributed by atoms with Crippen LogP contribution in [0.4, 0.5) is 0 Å². The first-order valence-corrected chi connectivity index (χ1v) is 11.3. The van der Waals surface area contributed by atoms with Gasteiger partial charge in [0, 0.05) is 0 Å². The van der Waals surface area contributed by atoms with E-state index >= 15 is 0 Å². The molecule has 0 heterocycles. The minimum Gasteiger partial charge on any atom is -0.493 e. The van der Waals surface area contributed by atoms with Gasteiger partial charge in [-0.2, -0.15) is 4.72 Å². The van der Waals surface area contributed by atoms with Crippen LogP contribution in [0.15, 0.2) is 77.7 Å². The van der Waals surface area contributed by atoms with E-state index in [0.717, 1.165) is 11.1 Å². The second-order valence-electron chi connectivity index (χ2n) is 7.08. The molecule has 1 atom stereocenters. The summed E-state index contributed by atoms with van der Waals surface area (Å²) in [5.41, 5.74) is 2.06. The molecule has 0 aliphatic heterocycles. The van der Waals surface area contributed by atoms with Crippen molar-refractivity contribution in [2.75, 3.05) is 14.2 Å². The number of aryl methyl sites for hydroxylation is 1. The Bertz CT molecular complexity index is 1160. The fourth-order valence-electron chi connectivity index (χ4n) is 3.04. The summed E-state index contributed by atoms with van der Waals surface area (Å²) in [4.78, 5) is 13.1. The Balaban J connectivity index is 1.93. The minimum atomic E-state index is -4.01. The number of hydrogen-bond donors (Lipinski definition) is 1. The zero-order chi connectivity index (χ0) is 23.1. The van der Waals surface area contributed by atoms with Gasteiger partial charge in [0.2, 0.25) is 10.0 Å². The highest BCUT2D eigenvalue weighted by atomic mass is 32.2. The number of benzene rings is 3. The van der Waals surface area contributed by atoms with E-state index in [1.807, 2.05) is 37.3 Å². The van der Waals surface area contributed by atoms with Gasteiger partial charge in [0.1, 0.15) is 12.6 Å². The van der Waals surface area contributed by atoms with Crippen molar-refractivity contribution in [3.05, 3.63) is 89.5 Å². The molecule has 0 spiro atoms. The molecule has 0 bridgehead atoms. The third-order valence-corrected chi connectivity index (χ3v) is 6.24. The van der Waals surface area contributed by atoms with Crippen LogP contribution in [0, 0.1) is 6.92 Å². The van der Waals surface area contributed by atoms with E-state index in [4.69, 9.17) is 14.2 Å². The molecule has 0 aliphatic rings. The predicted octanol–water partition coefficient (Wildman–Crippen LogP) is 3.78. The van der Waals surface area contributed by atoms with Gasteiger partial charge >= 0.3 is 5.97 Å². The molecule has 0 saturated heterocycles. The molecule has 3 aromatic rings. The second-order valence-corrected chi connectivity index (χ2v) is 8.79. The van der Waals surface area contributed by atoms with Crippen molar-refractivity contribution < 1.29 is 27.4 Å². The van der Waals surface area contributed by atoms with Crippen molar-refractivity contribution in [1.82, 2.24) is 4.72 Å². The summed E-state index contributed by atoms with van der Waals surface area (Å²) in [6.07, 6.45) is 0. The van der Waals surface area contributed by atoms with E-state index in [0.29, 0.717) is 17.1 Å². The van der Waals surface area contributed by atoms with Crippen LogP contribution in [0.1, 0.15) is 22.7 Å². The van der Waals surface area contributed by atoms with Crippen molar-refractivity contribution in [3.8, 4) is 11.5 Å². The monoisotopic (exact) mass is 455 g/mol. The smallest absolute Gasteiger partial charge is 0.329 e. The zero-order valence-corrected chi connectivity index (χ0v) is 18.9. The van der Waals surface area contributed by atoms with Gasteiger partial charge in [0.05, 0.1) is 19.1 Å². The van der Waals surface area contributed by atoms with Gasteiger partial charge in [-0.3, -0.25) is 0 Å². The molecule has 0 saturated carbocycles. The lowest BCUT2D eigenvalue weighted by Crippen LogP contribution is -2.35. The summed E-state index contributed by atoms with van der Waals surface area (Å²) in [6.45, 7) is 1.87. The van der Waals surface area contributed by atoms with E-state index in [1.54, 1.807) is 30.3 Å². The minimum absolute atomic E-state index is 0.00965. The summed E-state index contributed by atoms with van der Waals surface area (Å²) in [6, 6.07) is 18.9. The molecule has 0 unspecified atom stereocenters. The number of sulfonamides is 1. The topological polar surface area (TPSA) is 90.9 Å².